The number of hydrogen-bond acceptors (Lipinski definition) is 9. The Kier molecular flexibility index (Phi) is 6.88. The fraction of sp³-hybridized carbons (Fsp3) is 0.294. The van der Waals surface area contributed by atoms with Gasteiger partial charge in [-0.1, -0.05) is 0 Å². The summed E-state index contributed by atoms with van der Waals surface area (Å²) in [4.78, 5) is 32.2. The lowest BCUT2D eigenvalue weighted by atomic mass is 10.2. The standard InChI is InChI=1S/C17H20N4O6S/c1-4-26-16(22)13(17(23)27-5-2)9-18-15-12-8-11(21-28(3,24)25)6-7-14(12)19-10-20-15/h6-10,21H,4-5H2,1-3H3,(H,18,19,20). The first kappa shape index (κ1) is 21.1. The number of aromatic nitrogens is 2. The lowest BCUT2D eigenvalue weighted by Gasteiger charge is -2.10. The van der Waals surface area contributed by atoms with Gasteiger partial charge in [0.2, 0.25) is 10.0 Å². The summed E-state index contributed by atoms with van der Waals surface area (Å²) in [6.07, 6.45) is 3.45. The van der Waals surface area contributed by atoms with Gasteiger partial charge in [0, 0.05) is 17.3 Å². The van der Waals surface area contributed by atoms with Crippen LogP contribution in [0.4, 0.5) is 11.5 Å². The molecule has 0 aliphatic carbocycles. The van der Waals surface area contributed by atoms with Gasteiger partial charge in [-0.25, -0.2) is 28.0 Å². The molecule has 0 amide bonds. The molecule has 0 saturated carbocycles. The number of carbonyl (C=O) groups is 2. The molecule has 150 valence electrons. The van der Waals surface area contributed by atoms with Crippen molar-refractivity contribution in [3.63, 3.8) is 0 Å². The zero-order valence-corrected chi connectivity index (χ0v) is 16.4. The molecule has 28 heavy (non-hydrogen) atoms. The van der Waals surface area contributed by atoms with Crippen LogP contribution < -0.4 is 10.0 Å². The molecule has 1 aromatic carbocycles. The summed E-state index contributed by atoms with van der Waals surface area (Å²) >= 11 is 0. The summed E-state index contributed by atoms with van der Waals surface area (Å²) < 4.78 is 35.0. The van der Waals surface area contributed by atoms with E-state index in [0.717, 1.165) is 12.5 Å². The molecule has 0 unspecified atom stereocenters. The second-order valence-electron chi connectivity index (χ2n) is 5.47. The average Bonchev–Trinajstić information content (AvgIpc) is 2.61. The highest BCUT2D eigenvalue weighted by molar-refractivity contribution is 7.92. The molecule has 1 heterocycles. The lowest BCUT2D eigenvalue weighted by molar-refractivity contribution is -0.146. The molecular weight excluding hydrogens is 388 g/mol. The number of hydrogen-bond donors (Lipinski definition) is 2. The van der Waals surface area contributed by atoms with Crippen molar-refractivity contribution in [1.82, 2.24) is 9.97 Å². The molecule has 0 bridgehead atoms. The normalized spacial score (nSPS) is 10.8. The van der Waals surface area contributed by atoms with Gasteiger partial charge in [-0.2, -0.15) is 0 Å². The van der Waals surface area contributed by atoms with Crippen molar-refractivity contribution in [1.29, 1.82) is 0 Å². The Morgan fingerprint density at radius 3 is 2.32 bits per heavy atom. The van der Waals surface area contributed by atoms with Crippen molar-refractivity contribution in [2.45, 2.75) is 13.8 Å². The first-order chi connectivity index (χ1) is 13.2. The van der Waals surface area contributed by atoms with E-state index in [1.54, 1.807) is 26.0 Å². The zero-order chi connectivity index (χ0) is 20.7. The predicted octanol–water partition coefficient (Wildman–Crippen LogP) is 1.42. The van der Waals surface area contributed by atoms with Crippen LogP contribution in [0.3, 0.4) is 0 Å². The Bertz CT molecular complexity index is 999. The molecule has 0 spiro atoms. The Balaban J connectivity index is 2.42. The second-order valence-corrected chi connectivity index (χ2v) is 7.22. The predicted molar refractivity (Wildman–Crippen MR) is 103 cm³/mol. The molecule has 11 heteroatoms. The Morgan fingerprint density at radius 1 is 1.11 bits per heavy atom. The number of rotatable bonds is 8. The lowest BCUT2D eigenvalue weighted by Crippen LogP contribution is -2.19. The van der Waals surface area contributed by atoms with Gasteiger partial charge in [0.15, 0.2) is 5.57 Å². The van der Waals surface area contributed by atoms with Gasteiger partial charge in [0.1, 0.15) is 12.1 Å². The fourth-order valence-electron chi connectivity index (χ4n) is 2.21. The molecule has 1 aromatic heterocycles. The SMILES string of the molecule is CCOC(=O)C(=CNc1ncnc2ccc(NS(C)(=O)=O)cc12)C(=O)OCC. The molecule has 0 aliphatic rings. The summed E-state index contributed by atoms with van der Waals surface area (Å²) in [6, 6.07) is 4.69. The van der Waals surface area contributed by atoms with E-state index in [9.17, 15) is 18.0 Å². The number of ether oxygens (including phenoxy) is 2. The summed E-state index contributed by atoms with van der Waals surface area (Å²) in [7, 11) is -3.47. The highest BCUT2D eigenvalue weighted by Crippen LogP contribution is 2.24. The average molecular weight is 408 g/mol. The van der Waals surface area contributed by atoms with Crippen LogP contribution in [0.5, 0.6) is 0 Å². The second kappa shape index (κ2) is 9.13. The van der Waals surface area contributed by atoms with Crippen molar-refractivity contribution in [3.05, 3.63) is 36.3 Å². The first-order valence-corrected chi connectivity index (χ1v) is 10.2. The molecule has 0 aliphatic heterocycles. The molecule has 0 fully saturated rings. The zero-order valence-electron chi connectivity index (χ0n) is 15.6. The maximum atomic E-state index is 12.0. The minimum Gasteiger partial charge on any atom is -0.462 e. The van der Waals surface area contributed by atoms with Crippen LogP contribution in [-0.2, 0) is 29.1 Å². The van der Waals surface area contributed by atoms with E-state index >= 15 is 0 Å². The number of nitrogens with one attached hydrogen (secondary N) is 2. The molecule has 0 saturated heterocycles. The van der Waals surface area contributed by atoms with Crippen LogP contribution >= 0.6 is 0 Å². The third-order valence-electron chi connectivity index (χ3n) is 3.28. The van der Waals surface area contributed by atoms with Crippen LogP contribution in [0.2, 0.25) is 0 Å². The van der Waals surface area contributed by atoms with Crippen LogP contribution in [-0.4, -0.2) is 49.8 Å². The number of fused-ring (bicyclic) bond motifs is 1. The van der Waals surface area contributed by atoms with Gasteiger partial charge in [-0.05, 0) is 32.0 Å². The van der Waals surface area contributed by atoms with E-state index < -0.39 is 22.0 Å². The smallest absolute Gasteiger partial charge is 0.347 e. The number of benzene rings is 1. The van der Waals surface area contributed by atoms with Crippen molar-refractivity contribution in [2.24, 2.45) is 0 Å². The number of esters is 2. The van der Waals surface area contributed by atoms with Crippen molar-refractivity contribution in [3.8, 4) is 0 Å². The van der Waals surface area contributed by atoms with Gasteiger partial charge in [-0.3, -0.25) is 4.72 Å². The van der Waals surface area contributed by atoms with Crippen LogP contribution in [0.1, 0.15) is 13.8 Å². The van der Waals surface area contributed by atoms with Crippen molar-refractivity contribution >= 4 is 44.4 Å². The van der Waals surface area contributed by atoms with Crippen LogP contribution in [0, 0.1) is 0 Å². The molecule has 10 nitrogen and oxygen atoms in total. The number of anilines is 2. The topological polar surface area (TPSA) is 137 Å². The third kappa shape index (κ3) is 5.64. The van der Waals surface area contributed by atoms with Gasteiger partial charge in [0.25, 0.3) is 0 Å². The highest BCUT2D eigenvalue weighted by Gasteiger charge is 2.21. The summed E-state index contributed by atoms with van der Waals surface area (Å²) in [5, 5.41) is 3.24. The number of sulfonamides is 1. The van der Waals surface area contributed by atoms with E-state index in [-0.39, 0.29) is 24.6 Å². The number of nitrogens with zero attached hydrogens (tertiary/aromatic N) is 2. The largest absolute Gasteiger partial charge is 0.462 e. The highest BCUT2D eigenvalue weighted by atomic mass is 32.2. The van der Waals surface area contributed by atoms with E-state index in [0.29, 0.717) is 16.6 Å². The quantitative estimate of drug-likeness (QED) is 0.287. The van der Waals surface area contributed by atoms with E-state index in [1.165, 1.54) is 12.4 Å². The molecule has 0 radical (unpaired) electrons. The summed E-state index contributed by atoms with van der Waals surface area (Å²) in [6.45, 7) is 3.41. The van der Waals surface area contributed by atoms with Crippen LogP contribution in [0.25, 0.3) is 10.9 Å². The van der Waals surface area contributed by atoms with Crippen molar-refractivity contribution in [2.75, 3.05) is 29.5 Å². The molecule has 2 rings (SSSR count). The summed E-state index contributed by atoms with van der Waals surface area (Å²) in [5.41, 5.74) is 0.507. The first-order valence-electron chi connectivity index (χ1n) is 8.28. The molecule has 2 N–H and O–H groups in total. The number of carbonyl (C=O) groups excluding carboxylic acids is 2. The monoisotopic (exact) mass is 408 g/mol. The van der Waals surface area contributed by atoms with Gasteiger partial charge in [-0.15, -0.1) is 0 Å². The Hall–Kier alpha value is -3.21. The third-order valence-corrected chi connectivity index (χ3v) is 3.89. The Morgan fingerprint density at radius 2 is 1.75 bits per heavy atom. The van der Waals surface area contributed by atoms with E-state index in [1.807, 2.05) is 0 Å². The molecular formula is C17H20N4O6S. The fourth-order valence-corrected chi connectivity index (χ4v) is 2.76. The summed E-state index contributed by atoms with van der Waals surface area (Å²) in [5.74, 6) is -1.43. The van der Waals surface area contributed by atoms with Gasteiger partial charge < -0.3 is 14.8 Å². The minimum atomic E-state index is -3.47. The van der Waals surface area contributed by atoms with Gasteiger partial charge in [0.05, 0.1) is 25.0 Å². The van der Waals surface area contributed by atoms with E-state index in [4.69, 9.17) is 9.47 Å². The van der Waals surface area contributed by atoms with Crippen LogP contribution in [0.15, 0.2) is 36.3 Å². The van der Waals surface area contributed by atoms with Crippen molar-refractivity contribution < 1.29 is 27.5 Å². The Labute approximate surface area is 162 Å². The minimum absolute atomic E-state index is 0.0898. The maximum Gasteiger partial charge on any atom is 0.347 e. The molecule has 2 aromatic rings. The van der Waals surface area contributed by atoms with E-state index in [2.05, 4.69) is 20.0 Å². The van der Waals surface area contributed by atoms with Gasteiger partial charge >= 0.3 is 11.9 Å². The maximum absolute atomic E-state index is 12.0. The molecule has 0 atom stereocenters.